The van der Waals surface area contributed by atoms with Gasteiger partial charge in [0.25, 0.3) is 0 Å². The van der Waals surface area contributed by atoms with E-state index in [1.807, 2.05) is 0 Å². The summed E-state index contributed by atoms with van der Waals surface area (Å²) in [6.45, 7) is 5.33. The predicted molar refractivity (Wildman–Crippen MR) is 100 cm³/mol. The molecule has 0 unspecified atom stereocenters. The van der Waals surface area contributed by atoms with Crippen LogP contribution in [0.3, 0.4) is 0 Å². The van der Waals surface area contributed by atoms with Gasteiger partial charge < -0.3 is 28.6 Å². The van der Waals surface area contributed by atoms with Crippen LogP contribution < -0.4 is 0 Å². The van der Waals surface area contributed by atoms with E-state index in [2.05, 4.69) is 0 Å². The normalized spacial score (nSPS) is 23.4. The minimum Gasteiger partial charge on any atom is -0.462 e. The molecule has 0 aromatic carbocycles. The summed E-state index contributed by atoms with van der Waals surface area (Å²) in [5.74, 6) is -4.35. The number of likely N-dealkylation sites (tertiary alicyclic amines) is 1. The monoisotopic (exact) mass is 445 g/mol. The highest BCUT2D eigenvalue weighted by molar-refractivity contribution is 5.76. The molecule has 0 radical (unpaired) electrons. The van der Waals surface area contributed by atoms with Crippen LogP contribution in [0.1, 0.15) is 41.5 Å². The number of amides is 1. The van der Waals surface area contributed by atoms with Crippen molar-refractivity contribution in [3.8, 4) is 0 Å². The third-order valence-corrected chi connectivity index (χ3v) is 4.41. The number of rotatable bonds is 8. The lowest BCUT2D eigenvalue weighted by Crippen LogP contribution is -2.63. The Morgan fingerprint density at radius 3 is 1.84 bits per heavy atom. The van der Waals surface area contributed by atoms with Crippen molar-refractivity contribution in [2.75, 3.05) is 19.8 Å². The van der Waals surface area contributed by atoms with E-state index in [9.17, 15) is 28.8 Å². The molecule has 0 aromatic rings. The number of esters is 5. The van der Waals surface area contributed by atoms with Crippen LogP contribution >= 0.6 is 0 Å². The lowest BCUT2D eigenvalue weighted by Gasteiger charge is -2.41. The van der Waals surface area contributed by atoms with E-state index in [1.54, 1.807) is 0 Å². The Balaban J connectivity index is 3.66. The summed E-state index contributed by atoms with van der Waals surface area (Å²) >= 11 is 0. The maximum absolute atomic E-state index is 12.4. The zero-order valence-corrected chi connectivity index (χ0v) is 18.3. The van der Waals surface area contributed by atoms with E-state index >= 15 is 0 Å². The summed E-state index contributed by atoms with van der Waals surface area (Å²) in [7, 11) is 0. The topological polar surface area (TPSA) is 152 Å². The maximum Gasteiger partial charge on any atom is 0.303 e. The molecule has 1 rings (SSSR count). The largest absolute Gasteiger partial charge is 0.462 e. The second kappa shape index (κ2) is 10.7. The van der Waals surface area contributed by atoms with Crippen molar-refractivity contribution in [3.05, 3.63) is 0 Å². The molecular weight excluding hydrogens is 418 g/mol. The van der Waals surface area contributed by atoms with Gasteiger partial charge in [0.15, 0.2) is 12.2 Å². The summed E-state index contributed by atoms with van der Waals surface area (Å²) in [4.78, 5) is 72.0. The number of hydrogen-bond acceptors (Lipinski definition) is 11. The highest BCUT2D eigenvalue weighted by Crippen LogP contribution is 2.39. The van der Waals surface area contributed by atoms with Gasteiger partial charge >= 0.3 is 29.8 Å². The molecule has 174 valence electrons. The average Bonchev–Trinajstić information content (AvgIpc) is 2.89. The van der Waals surface area contributed by atoms with E-state index in [-0.39, 0.29) is 6.54 Å². The van der Waals surface area contributed by atoms with Gasteiger partial charge in [-0.2, -0.15) is 0 Å². The van der Waals surface area contributed by atoms with Crippen molar-refractivity contribution in [2.45, 2.75) is 65.4 Å². The van der Waals surface area contributed by atoms with E-state index in [1.165, 1.54) is 6.92 Å². The molecule has 0 aliphatic carbocycles. The van der Waals surface area contributed by atoms with Gasteiger partial charge in [-0.3, -0.25) is 28.8 Å². The summed E-state index contributed by atoms with van der Waals surface area (Å²) < 4.78 is 26.2. The number of hydrogen-bond donors (Lipinski definition) is 0. The second-order valence-corrected chi connectivity index (χ2v) is 6.99. The third kappa shape index (κ3) is 6.93. The Kier molecular flexibility index (Phi) is 8.95. The van der Waals surface area contributed by atoms with Crippen LogP contribution in [0.25, 0.3) is 0 Å². The van der Waals surface area contributed by atoms with Gasteiger partial charge in [-0.1, -0.05) is 0 Å². The van der Waals surface area contributed by atoms with Gasteiger partial charge in [-0.15, -0.1) is 0 Å². The molecule has 12 heteroatoms. The van der Waals surface area contributed by atoms with E-state index in [0.29, 0.717) is 0 Å². The first-order valence-electron chi connectivity index (χ1n) is 9.38. The number of carbonyl (C=O) groups excluding carboxylic acids is 6. The Morgan fingerprint density at radius 1 is 0.839 bits per heavy atom. The molecule has 12 nitrogen and oxygen atoms in total. The van der Waals surface area contributed by atoms with E-state index in [4.69, 9.17) is 23.7 Å². The first-order valence-corrected chi connectivity index (χ1v) is 9.38. The van der Waals surface area contributed by atoms with Crippen LogP contribution in [0.4, 0.5) is 0 Å². The molecule has 1 saturated heterocycles. The van der Waals surface area contributed by atoms with Crippen LogP contribution in [-0.2, 0) is 52.5 Å². The fourth-order valence-corrected chi connectivity index (χ4v) is 3.50. The highest BCUT2D eigenvalue weighted by Gasteiger charge is 2.64. The molecule has 1 aliphatic heterocycles. The summed E-state index contributed by atoms with van der Waals surface area (Å²) in [6, 6.07) is -1.30. The Labute approximate surface area is 179 Å². The first-order chi connectivity index (χ1) is 14.3. The molecule has 1 heterocycles. The molecule has 1 amide bonds. The molecule has 1 aliphatic rings. The fourth-order valence-electron chi connectivity index (χ4n) is 3.50. The minimum atomic E-state index is -1.94. The van der Waals surface area contributed by atoms with Gasteiger partial charge in [0, 0.05) is 41.5 Å². The highest BCUT2D eigenvalue weighted by atomic mass is 16.6. The average molecular weight is 445 g/mol. The molecule has 0 aromatic heterocycles. The second-order valence-electron chi connectivity index (χ2n) is 6.99. The number of ether oxygens (including phenoxy) is 5. The Hall–Kier alpha value is -3.18. The quantitative estimate of drug-likeness (QED) is 0.351. The smallest absolute Gasteiger partial charge is 0.303 e. The van der Waals surface area contributed by atoms with Crippen LogP contribution in [0.2, 0.25) is 0 Å². The molecule has 0 spiro atoms. The standard InChI is InChI=1S/C19H27NO11/c1-10(21)20-7-17(30-14(5)25)19(31-15(6)26,9-28-12(3)23)18(20)16(29-13(4)24)8-27-11(2)22/h16-18H,7-9H2,1-6H3/t16-,17+,18-,19+/m1/s1. The molecule has 0 saturated carbocycles. The third-order valence-electron chi connectivity index (χ3n) is 4.41. The van der Waals surface area contributed by atoms with Crippen molar-refractivity contribution in [2.24, 2.45) is 0 Å². The summed E-state index contributed by atoms with van der Waals surface area (Å²) in [5.41, 5.74) is -1.94. The van der Waals surface area contributed by atoms with Crippen molar-refractivity contribution in [1.82, 2.24) is 4.90 Å². The lowest BCUT2D eigenvalue weighted by atomic mass is 9.88. The fraction of sp³-hybridized carbons (Fsp3) is 0.684. The van der Waals surface area contributed by atoms with Gasteiger partial charge in [0.2, 0.25) is 11.5 Å². The van der Waals surface area contributed by atoms with Gasteiger partial charge in [-0.25, -0.2) is 0 Å². The minimum absolute atomic E-state index is 0.258. The molecule has 0 bridgehead atoms. The summed E-state index contributed by atoms with van der Waals surface area (Å²) in [5, 5.41) is 0. The summed E-state index contributed by atoms with van der Waals surface area (Å²) in [6.07, 6.45) is -2.60. The van der Waals surface area contributed by atoms with E-state index < -0.39 is 72.8 Å². The predicted octanol–water partition coefficient (Wildman–Crippen LogP) is -0.491. The number of nitrogens with zero attached hydrogens (tertiary/aromatic N) is 1. The van der Waals surface area contributed by atoms with Gasteiger partial charge in [-0.05, 0) is 0 Å². The maximum atomic E-state index is 12.4. The molecule has 0 N–H and O–H groups in total. The van der Waals surface area contributed by atoms with Crippen molar-refractivity contribution in [3.63, 3.8) is 0 Å². The Morgan fingerprint density at radius 2 is 1.42 bits per heavy atom. The molecule has 31 heavy (non-hydrogen) atoms. The zero-order chi connectivity index (χ0) is 23.9. The first kappa shape index (κ1) is 25.9. The SMILES string of the molecule is CC(=O)OC[C@@H](OC(C)=O)[C@H]1N(C(C)=O)C[C@H](OC(C)=O)[C@]1(COC(C)=O)OC(C)=O. The number of carbonyl (C=O) groups is 6. The molecule has 4 atom stereocenters. The van der Waals surface area contributed by atoms with Crippen LogP contribution in [0.15, 0.2) is 0 Å². The lowest BCUT2D eigenvalue weighted by molar-refractivity contribution is -0.204. The van der Waals surface area contributed by atoms with Gasteiger partial charge in [0.1, 0.15) is 19.3 Å². The van der Waals surface area contributed by atoms with Crippen molar-refractivity contribution >= 4 is 35.8 Å². The van der Waals surface area contributed by atoms with Crippen LogP contribution in [-0.4, -0.2) is 84.3 Å². The zero-order valence-electron chi connectivity index (χ0n) is 18.3. The van der Waals surface area contributed by atoms with Crippen molar-refractivity contribution in [1.29, 1.82) is 0 Å². The Bertz CT molecular complexity index is 749. The van der Waals surface area contributed by atoms with Crippen LogP contribution in [0, 0.1) is 0 Å². The molecular formula is C19H27NO11. The van der Waals surface area contributed by atoms with Crippen molar-refractivity contribution < 1.29 is 52.5 Å². The molecule has 1 fully saturated rings. The van der Waals surface area contributed by atoms with Crippen LogP contribution in [0.5, 0.6) is 0 Å². The van der Waals surface area contributed by atoms with E-state index in [0.717, 1.165) is 39.5 Å². The van der Waals surface area contributed by atoms with Gasteiger partial charge in [0.05, 0.1) is 6.54 Å².